The molecule has 11 nitrogen and oxygen atoms in total. The van der Waals surface area contributed by atoms with Gasteiger partial charge in [-0.25, -0.2) is 0 Å². The number of benzene rings is 3. The van der Waals surface area contributed by atoms with Gasteiger partial charge in [-0.3, -0.25) is 9.59 Å². The fraction of sp³-hybridized carbons (Fsp3) is 0.167. The highest BCUT2D eigenvalue weighted by atomic mass is 16.6. The molecule has 1 atom stereocenters. The number of carbonyl (C=O) groups is 2. The number of fused-ring (bicyclic) bond motifs is 3. The molecule has 1 amide bonds. The van der Waals surface area contributed by atoms with Crippen molar-refractivity contribution < 1.29 is 38.4 Å². The number of aliphatic carboxylic acids is 1. The van der Waals surface area contributed by atoms with Crippen molar-refractivity contribution in [3.63, 3.8) is 0 Å². The van der Waals surface area contributed by atoms with E-state index in [4.69, 9.17) is 18.6 Å². The van der Waals surface area contributed by atoms with E-state index < -0.39 is 35.7 Å². The molecule has 0 saturated carbocycles. The molecule has 11 heteroatoms. The van der Waals surface area contributed by atoms with E-state index in [0.717, 1.165) is 10.9 Å². The number of para-hydroxylation sites is 1. The summed E-state index contributed by atoms with van der Waals surface area (Å²) in [5, 5.41) is 25.5. The highest BCUT2D eigenvalue weighted by Crippen LogP contribution is 2.35. The van der Waals surface area contributed by atoms with Crippen LogP contribution in [0.4, 0.5) is 0 Å². The maximum absolute atomic E-state index is 13.2. The van der Waals surface area contributed by atoms with Gasteiger partial charge in [-0.2, -0.15) is 0 Å². The molecule has 3 N–H and O–H groups in total. The highest BCUT2D eigenvalue weighted by molar-refractivity contribution is 5.89. The Hall–Kier alpha value is -5.45. The fourth-order valence-electron chi connectivity index (χ4n) is 4.74. The van der Waals surface area contributed by atoms with Gasteiger partial charge in [0.05, 0.1) is 17.6 Å². The summed E-state index contributed by atoms with van der Waals surface area (Å²) in [4.78, 5) is 40.5. The molecule has 3 aromatic carbocycles. The molecule has 1 aliphatic heterocycles. The first-order valence-corrected chi connectivity index (χ1v) is 12.7. The van der Waals surface area contributed by atoms with Crippen LogP contribution in [-0.2, 0) is 16.0 Å². The lowest BCUT2D eigenvalue weighted by molar-refractivity contribution is -0.308. The SMILES string of the molecule is O=C(COc1cc(O)c2c(=O)c(-c3ccc4c(c3)OCCO4)coc2c1)N[C@H](Cc1cc2ccccc2[nH]1)C(=O)[O-]. The molecule has 0 fully saturated rings. The van der Waals surface area contributed by atoms with E-state index in [1.165, 1.54) is 18.4 Å². The Morgan fingerprint density at radius 2 is 1.85 bits per heavy atom. The van der Waals surface area contributed by atoms with E-state index in [-0.39, 0.29) is 28.7 Å². The first kappa shape index (κ1) is 25.8. The molecular weight excluding hydrogens is 532 g/mol. The fourth-order valence-corrected chi connectivity index (χ4v) is 4.74. The molecule has 6 rings (SSSR count). The van der Waals surface area contributed by atoms with Gasteiger partial charge in [0.15, 0.2) is 18.1 Å². The molecule has 0 aliphatic carbocycles. The minimum absolute atomic E-state index is 0.0175. The van der Waals surface area contributed by atoms with Crippen LogP contribution < -0.4 is 30.1 Å². The van der Waals surface area contributed by atoms with Crippen LogP contribution in [0.15, 0.2) is 76.1 Å². The number of phenols is 1. The number of hydrogen-bond acceptors (Lipinski definition) is 9. The number of carbonyl (C=O) groups excluding carboxylic acids is 2. The number of aromatic nitrogens is 1. The Morgan fingerprint density at radius 3 is 2.66 bits per heavy atom. The summed E-state index contributed by atoms with van der Waals surface area (Å²) < 4.78 is 22.2. The van der Waals surface area contributed by atoms with Gasteiger partial charge in [0.1, 0.15) is 41.9 Å². The monoisotopic (exact) mass is 555 g/mol. The normalized spacial score (nSPS) is 13.2. The van der Waals surface area contributed by atoms with Gasteiger partial charge in [0, 0.05) is 29.8 Å². The van der Waals surface area contributed by atoms with Crippen molar-refractivity contribution in [1.82, 2.24) is 10.3 Å². The lowest BCUT2D eigenvalue weighted by Gasteiger charge is -2.19. The summed E-state index contributed by atoms with van der Waals surface area (Å²) in [6.07, 6.45) is 1.25. The Morgan fingerprint density at radius 1 is 1.05 bits per heavy atom. The Kier molecular flexibility index (Phi) is 6.68. The predicted octanol–water partition coefficient (Wildman–Crippen LogP) is 2.27. The van der Waals surface area contributed by atoms with Crippen molar-refractivity contribution in [2.45, 2.75) is 12.5 Å². The van der Waals surface area contributed by atoms with Crippen molar-refractivity contribution in [1.29, 1.82) is 0 Å². The van der Waals surface area contributed by atoms with Gasteiger partial charge in [-0.15, -0.1) is 0 Å². The molecule has 1 aliphatic rings. The highest BCUT2D eigenvalue weighted by Gasteiger charge is 2.19. The third-order valence-electron chi connectivity index (χ3n) is 6.68. The molecule has 0 unspecified atom stereocenters. The first-order chi connectivity index (χ1) is 19.9. The summed E-state index contributed by atoms with van der Waals surface area (Å²) in [5.74, 6) is -1.45. The standard InChI is InChI=1S/C30H24N2O9/c33-23-12-19(40-15-27(34)32-22(30(36)37)11-18-9-17-3-1-2-4-21(17)31-18)13-26-28(23)29(35)20(14-41-26)16-5-6-24-25(10-16)39-8-7-38-24/h1-6,9-10,12-14,22,31,33H,7-8,11,15H2,(H,32,34)(H,36,37)/p-1/t22-/m1/s1. The zero-order valence-corrected chi connectivity index (χ0v) is 21.5. The number of carboxylic acid groups (broad SMARTS) is 1. The first-order valence-electron chi connectivity index (χ1n) is 12.7. The Labute approximate surface area is 231 Å². The van der Waals surface area contributed by atoms with Crippen molar-refractivity contribution in [2.24, 2.45) is 0 Å². The van der Waals surface area contributed by atoms with Gasteiger partial charge in [-0.1, -0.05) is 24.3 Å². The van der Waals surface area contributed by atoms with Crippen molar-refractivity contribution in [2.75, 3.05) is 19.8 Å². The molecule has 0 bridgehead atoms. The molecule has 41 heavy (non-hydrogen) atoms. The topological polar surface area (TPSA) is 163 Å². The number of aromatic hydroxyl groups is 1. The van der Waals surface area contributed by atoms with Gasteiger partial charge in [0.25, 0.3) is 5.91 Å². The quantitative estimate of drug-likeness (QED) is 0.261. The minimum atomic E-state index is -1.45. The maximum Gasteiger partial charge on any atom is 0.258 e. The van der Waals surface area contributed by atoms with Crippen LogP contribution >= 0.6 is 0 Å². The largest absolute Gasteiger partial charge is 0.548 e. The summed E-state index contributed by atoms with van der Waals surface area (Å²) >= 11 is 0. The second kappa shape index (κ2) is 10.6. The summed E-state index contributed by atoms with van der Waals surface area (Å²) in [5.41, 5.74) is 1.76. The van der Waals surface area contributed by atoms with Gasteiger partial charge < -0.3 is 43.9 Å². The minimum Gasteiger partial charge on any atom is -0.548 e. The van der Waals surface area contributed by atoms with Crippen LogP contribution in [0, 0.1) is 0 Å². The number of carboxylic acids is 1. The molecule has 208 valence electrons. The number of hydrogen-bond donors (Lipinski definition) is 3. The lowest BCUT2D eigenvalue weighted by atomic mass is 10.0. The van der Waals surface area contributed by atoms with Crippen molar-refractivity contribution in [3.05, 3.63) is 82.8 Å². The van der Waals surface area contributed by atoms with Crippen LogP contribution in [-0.4, -0.2) is 47.8 Å². The summed E-state index contributed by atoms with van der Waals surface area (Å²) in [6, 6.07) is 15.6. The Bertz CT molecular complexity index is 1820. The maximum atomic E-state index is 13.2. The number of amides is 1. The van der Waals surface area contributed by atoms with E-state index >= 15 is 0 Å². The summed E-state index contributed by atoms with van der Waals surface area (Å²) in [6.45, 7) is 0.274. The van der Waals surface area contributed by atoms with Gasteiger partial charge >= 0.3 is 0 Å². The number of nitrogens with one attached hydrogen (secondary N) is 2. The average molecular weight is 556 g/mol. The van der Waals surface area contributed by atoms with E-state index in [0.29, 0.717) is 36.0 Å². The van der Waals surface area contributed by atoms with Crippen LogP contribution in [0.2, 0.25) is 0 Å². The van der Waals surface area contributed by atoms with Crippen LogP contribution in [0.1, 0.15) is 5.69 Å². The molecule has 0 spiro atoms. The third kappa shape index (κ3) is 5.24. The van der Waals surface area contributed by atoms with Gasteiger partial charge in [-0.05, 0) is 35.2 Å². The van der Waals surface area contributed by atoms with Crippen molar-refractivity contribution >= 4 is 33.7 Å². The molecule has 0 radical (unpaired) electrons. The number of ether oxygens (including phenoxy) is 3. The molecule has 2 aromatic heterocycles. The summed E-state index contributed by atoms with van der Waals surface area (Å²) in [7, 11) is 0. The molecule has 5 aromatic rings. The van der Waals surface area contributed by atoms with Crippen LogP contribution in [0.25, 0.3) is 33.0 Å². The van der Waals surface area contributed by atoms with Crippen LogP contribution in [0.3, 0.4) is 0 Å². The zero-order chi connectivity index (χ0) is 28.5. The number of aromatic amines is 1. The smallest absolute Gasteiger partial charge is 0.258 e. The number of phenolic OH excluding ortho intramolecular Hbond substituents is 1. The van der Waals surface area contributed by atoms with E-state index in [1.807, 2.05) is 24.3 Å². The second-order valence-electron chi connectivity index (χ2n) is 9.47. The van der Waals surface area contributed by atoms with E-state index in [9.17, 15) is 24.6 Å². The molecular formula is C30H23N2O9-. The van der Waals surface area contributed by atoms with E-state index in [2.05, 4.69) is 10.3 Å². The van der Waals surface area contributed by atoms with E-state index in [1.54, 1.807) is 24.3 Å². The van der Waals surface area contributed by atoms with Crippen LogP contribution in [0.5, 0.6) is 23.0 Å². The van der Waals surface area contributed by atoms with Gasteiger partial charge in [0.2, 0.25) is 5.43 Å². The predicted molar refractivity (Wildman–Crippen MR) is 145 cm³/mol. The zero-order valence-electron chi connectivity index (χ0n) is 21.5. The molecule has 3 heterocycles. The molecule has 0 saturated heterocycles. The number of H-pyrrole nitrogens is 1. The van der Waals surface area contributed by atoms with Crippen molar-refractivity contribution in [3.8, 4) is 34.1 Å². The second-order valence-corrected chi connectivity index (χ2v) is 9.47. The average Bonchev–Trinajstić information content (AvgIpc) is 3.38. The third-order valence-corrected chi connectivity index (χ3v) is 6.68. The Balaban J connectivity index is 1.15. The lowest BCUT2D eigenvalue weighted by Crippen LogP contribution is -2.50. The number of rotatable bonds is 8.